The number of rotatable bonds is 7. The van der Waals surface area contributed by atoms with Crippen LogP contribution in [0.2, 0.25) is 0 Å². The second-order valence-corrected chi connectivity index (χ2v) is 5.09. The van der Waals surface area contributed by atoms with Crippen LogP contribution in [0.4, 0.5) is 5.69 Å². The summed E-state index contributed by atoms with van der Waals surface area (Å²) in [5.74, 6) is -0.199. The first kappa shape index (κ1) is 14.5. The van der Waals surface area contributed by atoms with Gasteiger partial charge in [-0.15, -0.1) is 0 Å². The molecule has 5 nitrogen and oxygen atoms in total. The zero-order chi connectivity index (χ0) is 14.4. The highest BCUT2D eigenvalue weighted by Crippen LogP contribution is 2.21. The highest BCUT2D eigenvalue weighted by Gasteiger charge is 2.24. The minimum absolute atomic E-state index is 0.0786. The summed E-state index contributed by atoms with van der Waals surface area (Å²) in [7, 11) is 0. The van der Waals surface area contributed by atoms with Crippen molar-refractivity contribution in [1.82, 2.24) is 5.32 Å². The van der Waals surface area contributed by atoms with Gasteiger partial charge in [0.1, 0.15) is 0 Å². The monoisotopic (exact) mass is 275 g/mol. The summed E-state index contributed by atoms with van der Waals surface area (Å²) >= 11 is 0. The Hall–Kier alpha value is -1.88. The third-order valence-electron chi connectivity index (χ3n) is 3.22. The van der Waals surface area contributed by atoms with E-state index in [1.165, 1.54) is 0 Å². The van der Waals surface area contributed by atoms with Crippen molar-refractivity contribution >= 4 is 17.5 Å². The van der Waals surface area contributed by atoms with Gasteiger partial charge in [-0.3, -0.25) is 9.59 Å². The molecule has 0 radical (unpaired) electrons. The summed E-state index contributed by atoms with van der Waals surface area (Å²) in [6, 6.07) is 7.39. The topological polar surface area (TPSA) is 84.2 Å². The molecule has 4 N–H and O–H groups in total. The molecule has 1 saturated carbocycles. The Morgan fingerprint density at radius 2 is 1.95 bits per heavy atom. The molecule has 108 valence electrons. The number of amides is 2. The molecule has 20 heavy (non-hydrogen) atoms. The summed E-state index contributed by atoms with van der Waals surface area (Å²) in [4.78, 5) is 23.9. The summed E-state index contributed by atoms with van der Waals surface area (Å²) in [5.41, 5.74) is 6.49. The van der Waals surface area contributed by atoms with Crippen molar-refractivity contribution in [2.45, 2.75) is 38.1 Å². The number of carbonyl (C=O) groups excluding carboxylic acids is 2. The number of nitrogens with two attached hydrogens (primary N) is 1. The molecule has 1 aliphatic rings. The number of anilines is 1. The van der Waals surface area contributed by atoms with Gasteiger partial charge in [-0.1, -0.05) is 12.1 Å². The molecular formula is C15H21N3O2. The molecule has 2 rings (SSSR count). The second kappa shape index (κ2) is 7.05. The summed E-state index contributed by atoms with van der Waals surface area (Å²) < 4.78 is 0. The Kier molecular flexibility index (Phi) is 5.12. The normalized spacial score (nSPS) is 13.8. The van der Waals surface area contributed by atoms with Crippen LogP contribution >= 0.6 is 0 Å². The summed E-state index contributed by atoms with van der Waals surface area (Å²) in [6.07, 6.45) is 4.10. The van der Waals surface area contributed by atoms with Crippen LogP contribution in [0.3, 0.4) is 0 Å². The van der Waals surface area contributed by atoms with Crippen molar-refractivity contribution in [2.24, 2.45) is 5.73 Å². The molecule has 0 saturated heterocycles. The van der Waals surface area contributed by atoms with Gasteiger partial charge in [0.05, 0.1) is 11.3 Å². The van der Waals surface area contributed by atoms with Crippen LogP contribution < -0.4 is 16.4 Å². The minimum atomic E-state index is -0.120. The van der Waals surface area contributed by atoms with Crippen molar-refractivity contribution in [3.63, 3.8) is 0 Å². The standard InChI is InChI=1S/C15H21N3O2/c16-10-4-3-7-14(19)18-13-6-2-1-5-12(13)15(20)17-11-8-9-11/h1-2,5-6,11H,3-4,7-10,16H2,(H,17,20)(H,18,19). The molecule has 0 aliphatic heterocycles. The van der Waals surface area contributed by atoms with E-state index >= 15 is 0 Å². The molecule has 0 aromatic heterocycles. The van der Waals surface area contributed by atoms with E-state index in [4.69, 9.17) is 5.73 Å². The number of para-hydroxylation sites is 1. The van der Waals surface area contributed by atoms with Crippen molar-refractivity contribution in [1.29, 1.82) is 0 Å². The first-order chi connectivity index (χ1) is 9.70. The average molecular weight is 275 g/mol. The minimum Gasteiger partial charge on any atom is -0.349 e. The molecular weight excluding hydrogens is 254 g/mol. The number of hydrogen-bond acceptors (Lipinski definition) is 3. The maximum absolute atomic E-state index is 12.1. The van der Waals surface area contributed by atoms with Crippen LogP contribution in [0.15, 0.2) is 24.3 Å². The molecule has 0 unspecified atom stereocenters. The summed E-state index contributed by atoms with van der Waals surface area (Å²) in [5, 5.41) is 5.73. The molecule has 0 heterocycles. The first-order valence-corrected chi connectivity index (χ1v) is 7.10. The highest BCUT2D eigenvalue weighted by atomic mass is 16.2. The van der Waals surface area contributed by atoms with Gasteiger partial charge in [0.25, 0.3) is 5.91 Å². The van der Waals surface area contributed by atoms with E-state index < -0.39 is 0 Å². The van der Waals surface area contributed by atoms with E-state index in [-0.39, 0.29) is 11.8 Å². The molecule has 0 bridgehead atoms. The molecule has 0 spiro atoms. The number of unbranched alkanes of at least 4 members (excludes halogenated alkanes) is 1. The Balaban J connectivity index is 1.95. The van der Waals surface area contributed by atoms with E-state index in [9.17, 15) is 9.59 Å². The average Bonchev–Trinajstić information content (AvgIpc) is 3.23. The maximum atomic E-state index is 12.1. The van der Waals surface area contributed by atoms with Crippen LogP contribution in [0, 0.1) is 0 Å². The third-order valence-corrected chi connectivity index (χ3v) is 3.22. The van der Waals surface area contributed by atoms with Crippen molar-refractivity contribution in [3.8, 4) is 0 Å². The van der Waals surface area contributed by atoms with Gasteiger partial charge >= 0.3 is 0 Å². The zero-order valence-corrected chi connectivity index (χ0v) is 11.5. The number of benzene rings is 1. The van der Waals surface area contributed by atoms with Crippen LogP contribution in [0.25, 0.3) is 0 Å². The van der Waals surface area contributed by atoms with Gasteiger partial charge in [0.2, 0.25) is 5.91 Å². The predicted octanol–water partition coefficient (Wildman–Crippen LogP) is 1.65. The van der Waals surface area contributed by atoms with Crippen molar-refractivity contribution in [3.05, 3.63) is 29.8 Å². The SMILES string of the molecule is NCCCCC(=O)Nc1ccccc1C(=O)NC1CC1. The smallest absolute Gasteiger partial charge is 0.253 e. The Bertz CT molecular complexity index is 484. The zero-order valence-electron chi connectivity index (χ0n) is 11.5. The fraction of sp³-hybridized carbons (Fsp3) is 0.467. The van der Waals surface area contributed by atoms with E-state index in [2.05, 4.69) is 10.6 Å². The van der Waals surface area contributed by atoms with E-state index in [1.807, 2.05) is 6.07 Å². The maximum Gasteiger partial charge on any atom is 0.253 e. The van der Waals surface area contributed by atoms with E-state index in [1.54, 1.807) is 18.2 Å². The third kappa shape index (κ3) is 4.35. The van der Waals surface area contributed by atoms with Crippen molar-refractivity contribution in [2.75, 3.05) is 11.9 Å². The number of hydrogen-bond donors (Lipinski definition) is 3. The van der Waals surface area contributed by atoms with Gasteiger partial charge in [-0.25, -0.2) is 0 Å². The lowest BCUT2D eigenvalue weighted by Gasteiger charge is -2.11. The van der Waals surface area contributed by atoms with Gasteiger partial charge in [0, 0.05) is 12.5 Å². The van der Waals surface area contributed by atoms with Crippen LogP contribution in [0.1, 0.15) is 42.5 Å². The number of nitrogens with one attached hydrogen (secondary N) is 2. The lowest BCUT2D eigenvalue weighted by atomic mass is 10.1. The van der Waals surface area contributed by atoms with Crippen LogP contribution in [0.5, 0.6) is 0 Å². The molecule has 5 heteroatoms. The quantitative estimate of drug-likeness (QED) is 0.661. The first-order valence-electron chi connectivity index (χ1n) is 7.10. The molecule has 0 atom stereocenters. The lowest BCUT2D eigenvalue weighted by Crippen LogP contribution is -2.27. The van der Waals surface area contributed by atoms with Crippen LogP contribution in [-0.2, 0) is 4.79 Å². The van der Waals surface area contributed by atoms with Gasteiger partial charge in [0.15, 0.2) is 0 Å². The Morgan fingerprint density at radius 1 is 1.20 bits per heavy atom. The van der Waals surface area contributed by atoms with Gasteiger partial charge in [-0.05, 0) is 44.4 Å². The van der Waals surface area contributed by atoms with Gasteiger partial charge in [-0.2, -0.15) is 0 Å². The van der Waals surface area contributed by atoms with E-state index in [0.717, 1.165) is 25.7 Å². The predicted molar refractivity (Wildman–Crippen MR) is 78.5 cm³/mol. The molecule has 1 fully saturated rings. The lowest BCUT2D eigenvalue weighted by molar-refractivity contribution is -0.116. The van der Waals surface area contributed by atoms with E-state index in [0.29, 0.717) is 30.3 Å². The Morgan fingerprint density at radius 3 is 2.65 bits per heavy atom. The number of carbonyl (C=O) groups is 2. The molecule has 1 aromatic carbocycles. The fourth-order valence-electron chi connectivity index (χ4n) is 1.92. The molecule has 1 aromatic rings. The molecule has 2 amide bonds. The Labute approximate surface area is 118 Å². The van der Waals surface area contributed by atoms with Crippen molar-refractivity contribution < 1.29 is 9.59 Å². The largest absolute Gasteiger partial charge is 0.349 e. The van der Waals surface area contributed by atoms with Gasteiger partial charge < -0.3 is 16.4 Å². The second-order valence-electron chi connectivity index (χ2n) is 5.09. The fourth-order valence-corrected chi connectivity index (χ4v) is 1.92. The van der Waals surface area contributed by atoms with Crippen LogP contribution in [-0.4, -0.2) is 24.4 Å². The summed E-state index contributed by atoms with van der Waals surface area (Å²) in [6.45, 7) is 0.591. The molecule has 1 aliphatic carbocycles. The highest BCUT2D eigenvalue weighted by molar-refractivity contribution is 6.03.